The van der Waals surface area contributed by atoms with Crippen LogP contribution in [0.3, 0.4) is 0 Å². The van der Waals surface area contributed by atoms with E-state index in [2.05, 4.69) is 26.0 Å². The van der Waals surface area contributed by atoms with Gasteiger partial charge in [-0.15, -0.1) is 13.2 Å². The second-order valence-corrected chi connectivity index (χ2v) is 11.2. The number of aliphatic hydroxyl groups excluding tert-OH is 1. The van der Waals surface area contributed by atoms with Gasteiger partial charge in [-0.2, -0.15) is 0 Å². The number of carbonyl (C=O) groups is 1. The van der Waals surface area contributed by atoms with Gasteiger partial charge in [0.2, 0.25) is 5.90 Å². The third-order valence-electron chi connectivity index (χ3n) is 7.16. The Morgan fingerprint density at radius 1 is 0.933 bits per heavy atom. The van der Waals surface area contributed by atoms with Gasteiger partial charge in [-0.25, -0.2) is 4.99 Å². The number of hydrogen-bond donors (Lipinski definition) is 2. The molecular formula is C34H30BrF3N2O5. The van der Waals surface area contributed by atoms with Crippen LogP contribution >= 0.6 is 15.9 Å². The number of nitrogens with zero attached hydrogens (tertiary/aromatic N) is 1. The Morgan fingerprint density at radius 3 is 2.27 bits per heavy atom. The van der Waals surface area contributed by atoms with Crippen LogP contribution in [0.5, 0.6) is 11.5 Å². The summed E-state index contributed by atoms with van der Waals surface area (Å²) in [6, 6.07) is 29.4. The Kier molecular flexibility index (Phi) is 10.1. The van der Waals surface area contributed by atoms with Crippen molar-refractivity contribution in [3.63, 3.8) is 0 Å². The van der Waals surface area contributed by atoms with Crippen molar-refractivity contribution < 1.29 is 37.3 Å². The van der Waals surface area contributed by atoms with E-state index in [1.807, 2.05) is 54.6 Å². The number of benzene rings is 4. The predicted octanol–water partition coefficient (Wildman–Crippen LogP) is 6.92. The zero-order valence-electron chi connectivity index (χ0n) is 24.0. The summed E-state index contributed by atoms with van der Waals surface area (Å²) in [5.74, 6) is 0.132. The number of ether oxygens (including phenoxy) is 3. The van der Waals surface area contributed by atoms with Crippen molar-refractivity contribution >= 4 is 27.7 Å². The fourth-order valence-corrected chi connectivity index (χ4v) is 5.41. The van der Waals surface area contributed by atoms with E-state index in [4.69, 9.17) is 19.6 Å². The first-order valence-corrected chi connectivity index (χ1v) is 15.0. The third kappa shape index (κ3) is 8.03. The van der Waals surface area contributed by atoms with Crippen LogP contribution in [0.4, 0.5) is 13.2 Å². The maximum atomic E-state index is 14.3. The Morgan fingerprint density at radius 2 is 1.60 bits per heavy atom. The molecule has 0 saturated carbocycles. The van der Waals surface area contributed by atoms with Crippen molar-refractivity contribution in [2.24, 2.45) is 4.99 Å². The van der Waals surface area contributed by atoms with Crippen LogP contribution in [0.2, 0.25) is 0 Å². The van der Waals surface area contributed by atoms with Gasteiger partial charge in [0.25, 0.3) is 5.91 Å². The minimum absolute atomic E-state index is 0.0308. The fraction of sp³-hybridized carbons (Fsp3) is 0.235. The first kappa shape index (κ1) is 32.1. The molecule has 234 valence electrons. The molecule has 1 heterocycles. The lowest BCUT2D eigenvalue weighted by molar-refractivity contribution is -0.274. The highest BCUT2D eigenvalue weighted by Crippen LogP contribution is 2.43. The van der Waals surface area contributed by atoms with Gasteiger partial charge in [-0.1, -0.05) is 76.6 Å². The summed E-state index contributed by atoms with van der Waals surface area (Å²) in [7, 11) is 0. The zero-order valence-corrected chi connectivity index (χ0v) is 25.6. The lowest BCUT2D eigenvalue weighted by Crippen LogP contribution is -2.49. The highest BCUT2D eigenvalue weighted by atomic mass is 79.9. The quantitative estimate of drug-likeness (QED) is 0.158. The summed E-state index contributed by atoms with van der Waals surface area (Å²) < 4.78 is 54.8. The summed E-state index contributed by atoms with van der Waals surface area (Å²) in [5, 5.41) is 12.0. The lowest BCUT2D eigenvalue weighted by Gasteiger charge is -2.31. The minimum atomic E-state index is -4.80. The SMILES string of the molecule is O=C(NCc1ccc(OC(F)(F)F)cc1)[C@]1(Cc2ccccc2Br)N=C(c2ccc(OCCCO)cc2)O[C@@H]1c1ccccc1. The minimum Gasteiger partial charge on any atom is -0.494 e. The Labute approximate surface area is 266 Å². The van der Waals surface area contributed by atoms with Crippen LogP contribution in [-0.4, -0.2) is 42.0 Å². The van der Waals surface area contributed by atoms with Gasteiger partial charge in [0.15, 0.2) is 11.6 Å². The molecule has 45 heavy (non-hydrogen) atoms. The van der Waals surface area contributed by atoms with Gasteiger partial charge in [0, 0.05) is 36.0 Å². The summed E-state index contributed by atoms with van der Waals surface area (Å²) in [4.78, 5) is 19.3. The van der Waals surface area contributed by atoms with Crippen molar-refractivity contribution in [3.8, 4) is 11.5 Å². The number of hydrogen-bond acceptors (Lipinski definition) is 6. The second kappa shape index (κ2) is 14.2. The largest absolute Gasteiger partial charge is 0.573 e. The smallest absolute Gasteiger partial charge is 0.494 e. The van der Waals surface area contributed by atoms with Crippen LogP contribution in [0.15, 0.2) is 113 Å². The van der Waals surface area contributed by atoms with Gasteiger partial charge >= 0.3 is 6.36 Å². The standard InChI is InChI=1S/C34H30BrF3N2O5/c35-29-10-5-4-9-26(29)21-33(32(42)39-22-23-11-15-28(16-12-23)45-34(36,37)38)30(24-7-2-1-3-8-24)44-31(40-33)25-13-17-27(18-14-25)43-20-6-19-41/h1-5,7-18,30,41H,6,19-22H2,(H,39,42)/t30-,33-/m1/s1. The van der Waals surface area contributed by atoms with E-state index in [0.717, 1.165) is 15.6 Å². The number of nitrogens with one attached hydrogen (secondary N) is 1. The summed E-state index contributed by atoms with van der Waals surface area (Å²) >= 11 is 3.61. The van der Waals surface area contributed by atoms with Gasteiger partial charge in [0.1, 0.15) is 11.5 Å². The first-order valence-electron chi connectivity index (χ1n) is 14.2. The number of amides is 1. The van der Waals surface area contributed by atoms with Crippen LogP contribution < -0.4 is 14.8 Å². The molecule has 0 radical (unpaired) electrons. The molecule has 2 atom stereocenters. The van der Waals surface area contributed by atoms with Crippen molar-refractivity contribution in [2.45, 2.75) is 37.4 Å². The van der Waals surface area contributed by atoms with Crippen molar-refractivity contribution in [1.29, 1.82) is 0 Å². The number of aliphatic hydroxyl groups is 1. The second-order valence-electron chi connectivity index (χ2n) is 10.3. The maximum absolute atomic E-state index is 14.3. The molecule has 1 aliphatic heterocycles. The van der Waals surface area contributed by atoms with Gasteiger partial charge < -0.3 is 24.6 Å². The van der Waals surface area contributed by atoms with Crippen LogP contribution in [0.25, 0.3) is 0 Å². The van der Waals surface area contributed by atoms with E-state index in [1.54, 1.807) is 24.3 Å². The highest BCUT2D eigenvalue weighted by Gasteiger charge is 2.53. The first-order chi connectivity index (χ1) is 21.7. The summed E-state index contributed by atoms with van der Waals surface area (Å²) in [6.45, 7) is 0.439. The molecule has 4 aromatic rings. The molecule has 0 bridgehead atoms. The van der Waals surface area contributed by atoms with E-state index < -0.39 is 23.9 Å². The monoisotopic (exact) mass is 682 g/mol. The molecule has 1 amide bonds. The average Bonchev–Trinajstić information content (AvgIpc) is 3.42. The summed E-state index contributed by atoms with van der Waals surface area (Å²) in [6.07, 6.45) is -4.91. The molecule has 2 N–H and O–H groups in total. The van der Waals surface area contributed by atoms with E-state index in [1.165, 1.54) is 24.3 Å². The molecule has 0 aliphatic carbocycles. The van der Waals surface area contributed by atoms with E-state index in [9.17, 15) is 18.0 Å². The zero-order chi connectivity index (χ0) is 31.9. The average molecular weight is 684 g/mol. The molecular weight excluding hydrogens is 653 g/mol. The number of carbonyl (C=O) groups excluding carboxylic acids is 1. The van der Waals surface area contributed by atoms with Crippen molar-refractivity contribution in [3.05, 3.63) is 130 Å². The normalized spacial score (nSPS) is 17.7. The predicted molar refractivity (Wildman–Crippen MR) is 166 cm³/mol. The fourth-order valence-electron chi connectivity index (χ4n) is 4.99. The van der Waals surface area contributed by atoms with E-state index in [0.29, 0.717) is 29.9 Å². The molecule has 0 fully saturated rings. The number of rotatable bonds is 12. The van der Waals surface area contributed by atoms with Crippen LogP contribution in [-0.2, 0) is 22.5 Å². The summed E-state index contributed by atoms with van der Waals surface area (Å²) in [5.41, 5.74) is 1.35. The van der Waals surface area contributed by atoms with E-state index in [-0.39, 0.29) is 31.2 Å². The van der Waals surface area contributed by atoms with Gasteiger partial charge in [0.05, 0.1) is 6.61 Å². The van der Waals surface area contributed by atoms with Crippen molar-refractivity contribution in [1.82, 2.24) is 5.32 Å². The number of alkyl halides is 3. The molecule has 11 heteroatoms. The molecule has 0 unspecified atom stereocenters. The maximum Gasteiger partial charge on any atom is 0.573 e. The molecule has 1 aliphatic rings. The Hall–Kier alpha value is -4.35. The molecule has 0 saturated heterocycles. The van der Waals surface area contributed by atoms with Gasteiger partial charge in [-0.3, -0.25) is 4.79 Å². The molecule has 0 aromatic heterocycles. The van der Waals surface area contributed by atoms with Crippen LogP contribution in [0.1, 0.15) is 34.8 Å². The van der Waals surface area contributed by atoms with E-state index >= 15 is 0 Å². The molecule has 5 rings (SSSR count). The van der Waals surface area contributed by atoms with Crippen LogP contribution in [0, 0.1) is 0 Å². The molecule has 0 spiro atoms. The Balaban J connectivity index is 1.49. The van der Waals surface area contributed by atoms with Crippen molar-refractivity contribution in [2.75, 3.05) is 13.2 Å². The van der Waals surface area contributed by atoms with Gasteiger partial charge in [-0.05, 0) is 59.2 Å². The topological polar surface area (TPSA) is 89.4 Å². The third-order valence-corrected chi connectivity index (χ3v) is 7.93. The molecule has 7 nitrogen and oxygen atoms in total. The lowest BCUT2D eigenvalue weighted by atomic mass is 9.82. The number of halogens is 4. The molecule has 4 aromatic carbocycles. The Bertz CT molecular complexity index is 1620. The number of aliphatic imine (C=N–C) groups is 1. The highest BCUT2D eigenvalue weighted by molar-refractivity contribution is 9.10.